The number of aliphatic imine (C=N–C) groups is 1. The SMILES string of the molecule is CCNC(=NCc1ccccc1Cl)NC1C2CCOC2C12CCC2.I. The summed E-state index contributed by atoms with van der Waals surface area (Å²) in [5.41, 5.74) is 1.42. The Labute approximate surface area is 172 Å². The highest BCUT2D eigenvalue weighted by Gasteiger charge is 2.66. The maximum atomic E-state index is 6.25. The first kappa shape index (κ1) is 19.2. The lowest BCUT2D eigenvalue weighted by molar-refractivity contribution is -0.171. The number of nitrogens with zero attached hydrogens (tertiary/aromatic N) is 1. The van der Waals surface area contributed by atoms with E-state index < -0.39 is 0 Å². The first-order valence-electron chi connectivity index (χ1n) is 9.14. The second-order valence-corrected chi connectivity index (χ2v) is 7.65. The maximum absolute atomic E-state index is 6.25. The summed E-state index contributed by atoms with van der Waals surface area (Å²) >= 11 is 6.25. The minimum absolute atomic E-state index is 0. The van der Waals surface area contributed by atoms with Gasteiger partial charge in [-0.1, -0.05) is 36.2 Å². The normalized spacial score (nSPS) is 29.2. The van der Waals surface area contributed by atoms with Crippen molar-refractivity contribution in [3.05, 3.63) is 34.9 Å². The smallest absolute Gasteiger partial charge is 0.191 e. The number of benzene rings is 1. The Morgan fingerprint density at radius 3 is 2.84 bits per heavy atom. The fourth-order valence-electron chi connectivity index (χ4n) is 4.71. The minimum atomic E-state index is 0. The van der Waals surface area contributed by atoms with Crippen molar-refractivity contribution in [2.75, 3.05) is 13.2 Å². The molecule has 1 spiro atoms. The van der Waals surface area contributed by atoms with E-state index in [2.05, 4.69) is 17.6 Å². The molecule has 25 heavy (non-hydrogen) atoms. The van der Waals surface area contributed by atoms with Gasteiger partial charge in [0.1, 0.15) is 0 Å². The molecule has 2 aliphatic carbocycles. The summed E-state index contributed by atoms with van der Waals surface area (Å²) in [7, 11) is 0. The number of fused-ring (bicyclic) bond motifs is 2. The number of nitrogens with one attached hydrogen (secondary N) is 2. The number of halogens is 2. The van der Waals surface area contributed by atoms with Crippen molar-refractivity contribution >= 4 is 41.5 Å². The Hall–Kier alpha value is -0.530. The van der Waals surface area contributed by atoms with Crippen molar-refractivity contribution in [2.24, 2.45) is 16.3 Å². The largest absolute Gasteiger partial charge is 0.377 e. The van der Waals surface area contributed by atoms with Gasteiger partial charge in [0.05, 0.1) is 12.6 Å². The molecule has 0 bridgehead atoms. The molecule has 1 aliphatic heterocycles. The Balaban J connectivity index is 0.00000182. The highest BCUT2D eigenvalue weighted by atomic mass is 127. The maximum Gasteiger partial charge on any atom is 0.191 e. The second kappa shape index (κ2) is 8.01. The molecule has 4 nitrogen and oxygen atoms in total. The molecule has 138 valence electrons. The summed E-state index contributed by atoms with van der Waals surface area (Å²) in [5, 5.41) is 7.89. The Morgan fingerprint density at radius 1 is 1.36 bits per heavy atom. The van der Waals surface area contributed by atoms with Gasteiger partial charge in [-0.15, -0.1) is 24.0 Å². The molecule has 2 saturated carbocycles. The third kappa shape index (κ3) is 3.39. The van der Waals surface area contributed by atoms with E-state index in [1.807, 2.05) is 24.3 Å². The van der Waals surface area contributed by atoms with E-state index in [0.717, 1.165) is 29.7 Å². The standard InChI is InChI=1S/C19H26ClN3O.HI/c1-2-21-18(22-12-13-6-3-4-7-15(13)20)23-16-14-8-11-24-17(14)19(16)9-5-10-19;/h3-4,6-7,14,16-17H,2,5,8-12H2,1H3,(H2,21,22,23);1H. The van der Waals surface area contributed by atoms with Gasteiger partial charge in [0.15, 0.2) is 5.96 Å². The molecule has 1 saturated heterocycles. The van der Waals surface area contributed by atoms with E-state index in [4.69, 9.17) is 21.3 Å². The highest BCUT2D eigenvalue weighted by molar-refractivity contribution is 14.0. The lowest BCUT2D eigenvalue weighted by atomic mass is 9.46. The van der Waals surface area contributed by atoms with Crippen LogP contribution in [0.25, 0.3) is 0 Å². The van der Waals surface area contributed by atoms with Crippen LogP contribution in [-0.2, 0) is 11.3 Å². The molecule has 3 aliphatic rings. The molecule has 6 heteroatoms. The van der Waals surface area contributed by atoms with E-state index in [1.54, 1.807) is 0 Å². The lowest BCUT2D eigenvalue weighted by Crippen LogP contribution is -2.72. The van der Waals surface area contributed by atoms with Gasteiger partial charge in [-0.2, -0.15) is 0 Å². The first-order chi connectivity index (χ1) is 11.7. The molecule has 0 radical (unpaired) electrons. The Bertz CT molecular complexity index is 635. The molecule has 3 atom stereocenters. The van der Waals surface area contributed by atoms with Crippen LogP contribution in [0.2, 0.25) is 5.02 Å². The molecule has 1 heterocycles. The topological polar surface area (TPSA) is 45.7 Å². The molecule has 0 amide bonds. The minimum Gasteiger partial charge on any atom is -0.377 e. The number of rotatable bonds is 4. The average Bonchev–Trinajstić information content (AvgIpc) is 2.95. The molecule has 1 aromatic carbocycles. The monoisotopic (exact) mass is 475 g/mol. The Kier molecular flexibility index (Phi) is 6.16. The van der Waals surface area contributed by atoms with E-state index in [-0.39, 0.29) is 24.0 Å². The van der Waals surface area contributed by atoms with Crippen molar-refractivity contribution < 1.29 is 4.74 Å². The zero-order chi connectivity index (χ0) is 16.6. The number of ether oxygens (including phenoxy) is 1. The van der Waals surface area contributed by atoms with Crippen LogP contribution in [0.5, 0.6) is 0 Å². The third-order valence-corrected chi connectivity index (χ3v) is 6.41. The van der Waals surface area contributed by atoms with Crippen LogP contribution < -0.4 is 10.6 Å². The van der Waals surface area contributed by atoms with Crippen molar-refractivity contribution in [1.29, 1.82) is 0 Å². The summed E-state index contributed by atoms with van der Waals surface area (Å²) in [6, 6.07) is 8.42. The third-order valence-electron chi connectivity index (χ3n) is 6.04. The van der Waals surface area contributed by atoms with E-state index in [1.165, 1.54) is 25.7 Å². The van der Waals surface area contributed by atoms with Gasteiger partial charge in [-0.25, -0.2) is 4.99 Å². The zero-order valence-corrected chi connectivity index (χ0v) is 17.7. The molecular weight excluding hydrogens is 449 g/mol. The van der Waals surface area contributed by atoms with Crippen molar-refractivity contribution in [3.8, 4) is 0 Å². The van der Waals surface area contributed by atoms with E-state index in [0.29, 0.717) is 30.0 Å². The summed E-state index contributed by atoms with van der Waals surface area (Å²) in [4.78, 5) is 4.77. The summed E-state index contributed by atoms with van der Waals surface area (Å²) in [6.07, 6.45) is 5.56. The van der Waals surface area contributed by atoms with Crippen molar-refractivity contribution in [1.82, 2.24) is 10.6 Å². The molecule has 3 fully saturated rings. The summed E-state index contributed by atoms with van der Waals surface area (Å²) in [5.74, 6) is 1.55. The van der Waals surface area contributed by atoms with E-state index in [9.17, 15) is 0 Å². The summed E-state index contributed by atoms with van der Waals surface area (Å²) in [6.45, 7) is 4.48. The van der Waals surface area contributed by atoms with Gasteiger partial charge in [0.25, 0.3) is 0 Å². The van der Waals surface area contributed by atoms with Gasteiger partial charge < -0.3 is 15.4 Å². The quantitative estimate of drug-likeness (QED) is 0.393. The molecular formula is C19H27ClIN3O. The number of hydrogen-bond donors (Lipinski definition) is 2. The van der Waals surface area contributed by atoms with Crippen LogP contribution in [0.1, 0.15) is 38.2 Å². The summed E-state index contributed by atoms with van der Waals surface area (Å²) < 4.78 is 6.01. The molecule has 3 unspecified atom stereocenters. The van der Waals surface area contributed by atoms with Crippen molar-refractivity contribution in [2.45, 2.75) is 51.3 Å². The van der Waals surface area contributed by atoms with Crippen LogP contribution >= 0.6 is 35.6 Å². The van der Waals surface area contributed by atoms with Crippen LogP contribution in [0.3, 0.4) is 0 Å². The van der Waals surface area contributed by atoms with Crippen LogP contribution in [0.4, 0.5) is 0 Å². The predicted molar refractivity (Wildman–Crippen MR) is 113 cm³/mol. The molecule has 0 aromatic heterocycles. The number of hydrogen-bond acceptors (Lipinski definition) is 2. The highest BCUT2D eigenvalue weighted by Crippen LogP contribution is 2.62. The second-order valence-electron chi connectivity index (χ2n) is 7.24. The van der Waals surface area contributed by atoms with Gasteiger partial charge in [-0.05, 0) is 37.8 Å². The fourth-order valence-corrected chi connectivity index (χ4v) is 4.91. The molecule has 4 rings (SSSR count). The lowest BCUT2D eigenvalue weighted by Gasteiger charge is -2.63. The zero-order valence-electron chi connectivity index (χ0n) is 14.6. The van der Waals surface area contributed by atoms with Gasteiger partial charge >= 0.3 is 0 Å². The predicted octanol–water partition coefficient (Wildman–Crippen LogP) is 3.97. The Morgan fingerprint density at radius 2 is 2.16 bits per heavy atom. The molecule has 2 N–H and O–H groups in total. The van der Waals surface area contributed by atoms with Gasteiger partial charge in [0.2, 0.25) is 0 Å². The number of guanidine groups is 1. The van der Waals surface area contributed by atoms with Gasteiger partial charge in [-0.3, -0.25) is 0 Å². The first-order valence-corrected chi connectivity index (χ1v) is 9.52. The average molecular weight is 476 g/mol. The van der Waals surface area contributed by atoms with Crippen LogP contribution in [0.15, 0.2) is 29.3 Å². The van der Waals surface area contributed by atoms with Crippen LogP contribution in [0, 0.1) is 11.3 Å². The fraction of sp³-hybridized carbons (Fsp3) is 0.632. The van der Waals surface area contributed by atoms with Crippen LogP contribution in [-0.4, -0.2) is 31.3 Å². The van der Waals surface area contributed by atoms with E-state index >= 15 is 0 Å². The van der Waals surface area contributed by atoms with Crippen molar-refractivity contribution in [3.63, 3.8) is 0 Å². The molecule has 1 aromatic rings. The van der Waals surface area contributed by atoms with Gasteiger partial charge in [0, 0.05) is 35.5 Å².